The molecule has 2 heterocycles. The number of nitrogens with one attached hydrogen (secondary N) is 1. The van der Waals surface area contributed by atoms with Gasteiger partial charge in [-0.3, -0.25) is 27.7 Å². The van der Waals surface area contributed by atoms with Gasteiger partial charge < -0.3 is 14.5 Å². The molecule has 0 bridgehead atoms. The van der Waals surface area contributed by atoms with Crippen LogP contribution < -0.4 is 11.4 Å². The van der Waals surface area contributed by atoms with Gasteiger partial charge in [-0.15, -0.1) is 0 Å². The minimum Gasteiger partial charge on any atom is -0.469 e. The Morgan fingerprint density at radius 1 is 0.736 bits per heavy atom. The summed E-state index contributed by atoms with van der Waals surface area (Å²) in [6.45, 7) is 0.694. The second-order valence-corrected chi connectivity index (χ2v) is 13.4. The van der Waals surface area contributed by atoms with Gasteiger partial charge in [0.2, 0.25) is 0 Å². The molecule has 10 nitrogen and oxygen atoms in total. The Morgan fingerprint density at radius 3 is 1.62 bits per heavy atom. The highest BCUT2D eigenvalue weighted by molar-refractivity contribution is 5.77. The van der Waals surface area contributed by atoms with Crippen molar-refractivity contribution in [2.24, 2.45) is 30.7 Å². The summed E-state index contributed by atoms with van der Waals surface area (Å²) < 4.78 is 107. The van der Waals surface area contributed by atoms with Crippen LogP contribution in [0.25, 0.3) is 22.1 Å². The zero-order chi connectivity index (χ0) is 40.0. The summed E-state index contributed by atoms with van der Waals surface area (Å²) in [7, 11) is 3.28. The number of imidazole rings is 2. The number of hydrogen-bond acceptors (Lipinski definition) is 6. The van der Waals surface area contributed by atoms with Gasteiger partial charge in [-0.25, -0.2) is 9.59 Å². The molecule has 0 aliphatic heterocycles. The van der Waals surface area contributed by atoms with Crippen LogP contribution in [0.2, 0.25) is 0 Å². The first-order valence-electron chi connectivity index (χ1n) is 17.7. The SMILES string of the molecule is COC(=O)C1CCC(Cn2c(=O)[nH]c3ccc(C(F)(F)F)cc32)CC1.COC(=O)C1CCC(Cn2c(=O)n(C)c3ccc(C(F)(F)F)cc32)CC1.[2H]CF. The fraction of sp³-hybridized carbons (Fsp3) is 0.556. The van der Waals surface area contributed by atoms with E-state index in [1.54, 1.807) is 7.05 Å². The van der Waals surface area contributed by atoms with Crippen molar-refractivity contribution < 1.29 is 51.2 Å². The van der Waals surface area contributed by atoms with Crippen LogP contribution in [0.15, 0.2) is 46.0 Å². The summed E-state index contributed by atoms with van der Waals surface area (Å²) in [4.78, 5) is 50.4. The first-order chi connectivity index (χ1) is 25.4. The van der Waals surface area contributed by atoms with E-state index in [-0.39, 0.29) is 46.8 Å². The molecule has 1 N–H and O–H groups in total. The Morgan fingerprint density at radius 2 is 1.17 bits per heavy atom. The maximum Gasteiger partial charge on any atom is 0.416 e. The number of aromatic amines is 1. The van der Waals surface area contributed by atoms with Gasteiger partial charge in [-0.05, 0) is 99.6 Å². The van der Waals surface area contributed by atoms with E-state index in [1.807, 2.05) is 0 Å². The maximum atomic E-state index is 13.0. The van der Waals surface area contributed by atoms with Crippen molar-refractivity contribution in [1.29, 1.82) is 0 Å². The molecule has 0 spiro atoms. The van der Waals surface area contributed by atoms with Crippen LogP contribution in [0.3, 0.4) is 0 Å². The maximum absolute atomic E-state index is 13.0. The molecule has 2 fully saturated rings. The summed E-state index contributed by atoms with van der Waals surface area (Å²) in [6, 6.07) is 6.62. The summed E-state index contributed by atoms with van der Waals surface area (Å²) in [5, 5.41) is 0. The zero-order valence-corrected chi connectivity index (χ0v) is 29.5. The molecule has 2 aliphatic carbocycles. The van der Waals surface area contributed by atoms with Crippen LogP contribution in [-0.4, -0.2) is 52.0 Å². The van der Waals surface area contributed by atoms with Crippen LogP contribution in [0.4, 0.5) is 30.7 Å². The van der Waals surface area contributed by atoms with Crippen molar-refractivity contribution in [3.8, 4) is 0 Å². The van der Waals surface area contributed by atoms with E-state index in [2.05, 4.69) is 4.98 Å². The van der Waals surface area contributed by atoms with Crippen molar-refractivity contribution in [3.63, 3.8) is 0 Å². The second kappa shape index (κ2) is 17.1. The molecule has 6 rings (SSSR count). The lowest BCUT2D eigenvalue weighted by molar-refractivity contribution is -0.147. The van der Waals surface area contributed by atoms with Crippen molar-refractivity contribution in [2.75, 3.05) is 21.4 Å². The minimum atomic E-state index is -4.45. The number of carbonyl (C=O) groups excluding carboxylic acids is 2. The number of benzene rings is 2. The Bertz CT molecular complexity index is 2020. The van der Waals surface area contributed by atoms with Crippen LogP contribution in [-0.2, 0) is 51.6 Å². The van der Waals surface area contributed by atoms with E-state index >= 15 is 0 Å². The highest BCUT2D eigenvalue weighted by atomic mass is 19.4. The van der Waals surface area contributed by atoms with Gasteiger partial charge in [-0.2, -0.15) is 26.3 Å². The third-order valence-corrected chi connectivity index (χ3v) is 10.2. The molecule has 2 aliphatic rings. The average molecular weight is 762 g/mol. The van der Waals surface area contributed by atoms with Gasteiger partial charge >= 0.3 is 35.7 Å². The Kier molecular flexibility index (Phi) is 12.8. The number of rotatable bonds is 6. The van der Waals surface area contributed by atoms with Crippen molar-refractivity contribution >= 4 is 34.0 Å². The number of aromatic nitrogens is 4. The number of methoxy groups -OCH3 is 2. The number of alkyl halides is 7. The Balaban J connectivity index is 0.000000225. The van der Waals surface area contributed by atoms with E-state index in [1.165, 1.54) is 40.1 Å². The number of carbonyl (C=O) groups is 2. The van der Waals surface area contributed by atoms with Crippen LogP contribution >= 0.6 is 0 Å². The van der Waals surface area contributed by atoms with Gasteiger partial charge in [-0.1, -0.05) is 0 Å². The van der Waals surface area contributed by atoms with Gasteiger partial charge in [0.25, 0.3) is 0 Å². The summed E-state index contributed by atoms with van der Waals surface area (Å²) in [6.07, 6.45) is -3.28. The van der Waals surface area contributed by atoms with E-state index < -0.39 is 36.3 Å². The summed E-state index contributed by atoms with van der Waals surface area (Å²) in [5.74, 6) is -0.408. The number of ether oxygens (including phenoxy) is 2. The number of esters is 2. The molecule has 0 amide bonds. The number of aryl methyl sites for hydroxylation is 1. The molecular formula is C36H43F7N4O6. The van der Waals surface area contributed by atoms with Crippen LogP contribution in [0.5, 0.6) is 0 Å². The van der Waals surface area contributed by atoms with E-state index in [4.69, 9.17) is 10.8 Å². The highest BCUT2D eigenvalue weighted by Crippen LogP contribution is 2.35. The lowest BCUT2D eigenvalue weighted by Crippen LogP contribution is -2.29. The standard InChI is InChI=1S/C18H21F3N2O3.C17H19F3N2O3.CH3F/c1-22-14-8-7-13(18(19,20)21)9-15(14)23(17(22)25)10-11-3-5-12(6-4-11)16(24)26-2;1-25-15(23)11-4-2-10(3-5-11)9-22-14-8-12(17(18,19)20)6-7-13(14)21-16(22)24;1-2/h7-9,11-12H,3-6,10H2,1-2H3;6-8,10-11H,2-5,9H2,1H3,(H,21,24);1H3/i;;1D. The topological polar surface area (TPSA) is 117 Å². The fourth-order valence-corrected chi connectivity index (χ4v) is 7.28. The molecule has 53 heavy (non-hydrogen) atoms. The van der Waals surface area contributed by atoms with Crippen LogP contribution in [0, 0.1) is 23.7 Å². The predicted molar refractivity (Wildman–Crippen MR) is 182 cm³/mol. The first kappa shape index (κ1) is 39.6. The van der Waals surface area contributed by atoms with Crippen molar-refractivity contribution in [1.82, 2.24) is 18.7 Å². The molecule has 0 unspecified atom stereocenters. The van der Waals surface area contributed by atoms with Gasteiger partial charge in [0.15, 0.2) is 0 Å². The highest BCUT2D eigenvalue weighted by Gasteiger charge is 2.33. The molecule has 0 atom stereocenters. The van der Waals surface area contributed by atoms with Crippen molar-refractivity contribution in [3.05, 3.63) is 68.5 Å². The zero-order valence-electron chi connectivity index (χ0n) is 30.5. The largest absolute Gasteiger partial charge is 0.469 e. The molecular weight excluding hydrogens is 717 g/mol. The number of hydrogen-bond donors (Lipinski definition) is 1. The van der Waals surface area contributed by atoms with E-state index in [9.17, 15) is 49.9 Å². The predicted octanol–water partition coefficient (Wildman–Crippen LogP) is 7.25. The third kappa shape index (κ3) is 9.51. The quantitative estimate of drug-likeness (QED) is 0.164. The summed E-state index contributed by atoms with van der Waals surface area (Å²) >= 11 is 0. The van der Waals surface area contributed by atoms with E-state index in [0.717, 1.165) is 49.9 Å². The first-order valence-corrected chi connectivity index (χ1v) is 17.0. The molecule has 2 saturated carbocycles. The molecule has 2 aromatic carbocycles. The van der Waals surface area contributed by atoms with Gasteiger partial charge in [0, 0.05) is 20.1 Å². The van der Waals surface area contributed by atoms with Gasteiger partial charge in [0.1, 0.15) is 0 Å². The molecule has 2 aromatic heterocycles. The average Bonchev–Trinajstić information content (AvgIpc) is 3.58. The second-order valence-electron chi connectivity index (χ2n) is 13.4. The number of H-pyrrole nitrogens is 1. The molecule has 292 valence electrons. The number of nitrogens with zero attached hydrogens (tertiary/aromatic N) is 3. The Hall–Kier alpha value is -4.57. The number of fused-ring (bicyclic) bond motifs is 2. The third-order valence-electron chi connectivity index (χ3n) is 10.2. The smallest absolute Gasteiger partial charge is 0.416 e. The Labute approximate surface area is 301 Å². The molecule has 0 radical (unpaired) electrons. The lowest BCUT2D eigenvalue weighted by atomic mass is 9.82. The lowest BCUT2D eigenvalue weighted by Gasteiger charge is -2.27. The molecule has 4 aromatic rings. The monoisotopic (exact) mass is 761 g/mol. The minimum absolute atomic E-state index is 0.127. The summed E-state index contributed by atoms with van der Waals surface area (Å²) in [5.41, 5.74) is -0.857. The fourth-order valence-electron chi connectivity index (χ4n) is 7.28. The van der Waals surface area contributed by atoms with Crippen LogP contribution in [0.1, 0.15) is 63.9 Å². The normalized spacial score (nSPS) is 20.8. The van der Waals surface area contributed by atoms with Crippen molar-refractivity contribution in [2.45, 2.75) is 76.8 Å². The molecule has 0 saturated heterocycles. The van der Waals surface area contributed by atoms with Gasteiger partial charge in [0.05, 0.1) is 67.8 Å². The van der Waals surface area contributed by atoms with E-state index in [0.29, 0.717) is 55.3 Å². The number of halogens is 7. The molecule has 17 heteroatoms.